The summed E-state index contributed by atoms with van der Waals surface area (Å²) >= 11 is 4.56. The van der Waals surface area contributed by atoms with E-state index in [2.05, 4.69) is 41.6 Å². The smallest absolute Gasteiger partial charge is 0.250 e. The molecule has 0 aliphatic heterocycles. The number of amides is 1. The number of nitrogens with zero attached hydrogens (tertiary/aromatic N) is 5. The lowest BCUT2D eigenvalue weighted by atomic mass is 10.2. The highest BCUT2D eigenvalue weighted by molar-refractivity contribution is 9.10. The summed E-state index contributed by atoms with van der Waals surface area (Å²) in [4.78, 5) is 16.6. The second kappa shape index (κ2) is 11.6. The van der Waals surface area contributed by atoms with Crippen LogP contribution in [0, 0.1) is 0 Å². The van der Waals surface area contributed by atoms with Gasteiger partial charge in [0.15, 0.2) is 11.0 Å². The van der Waals surface area contributed by atoms with E-state index in [1.54, 1.807) is 24.5 Å². The Hall–Kier alpha value is -3.70. The first-order valence-corrected chi connectivity index (χ1v) is 12.3. The number of hydrazone groups is 1. The number of pyridine rings is 1. The largest absolute Gasteiger partial charge is 0.507 e. The Kier molecular flexibility index (Phi) is 8.11. The number of aromatic nitrogens is 4. The number of hydrogen-bond donors (Lipinski definition) is 2. The number of hydrogen-bond acceptors (Lipinski definition) is 8. The van der Waals surface area contributed by atoms with Gasteiger partial charge in [0.05, 0.1) is 18.6 Å². The van der Waals surface area contributed by atoms with E-state index in [1.165, 1.54) is 24.0 Å². The molecule has 0 bridgehead atoms. The van der Waals surface area contributed by atoms with Gasteiger partial charge in [0.1, 0.15) is 11.5 Å². The zero-order chi connectivity index (χ0) is 24.6. The van der Waals surface area contributed by atoms with Crippen LogP contribution in [0.1, 0.15) is 12.5 Å². The molecule has 2 aromatic heterocycles. The molecule has 4 aromatic rings. The van der Waals surface area contributed by atoms with Crippen molar-refractivity contribution in [3.63, 3.8) is 0 Å². The topological polar surface area (TPSA) is 115 Å². The number of carbonyl (C=O) groups is 1. The van der Waals surface area contributed by atoms with E-state index in [4.69, 9.17) is 4.74 Å². The molecule has 4 rings (SSSR count). The minimum absolute atomic E-state index is 0.0595. The number of nitrogens with one attached hydrogen (secondary N) is 1. The molecule has 0 fully saturated rings. The van der Waals surface area contributed by atoms with Gasteiger partial charge in [0.2, 0.25) is 0 Å². The molecule has 0 saturated carbocycles. The molecule has 0 saturated heterocycles. The molecular formula is C24H21BrN6O3S. The normalized spacial score (nSPS) is 11.0. The lowest BCUT2D eigenvalue weighted by Crippen LogP contribution is -2.20. The van der Waals surface area contributed by atoms with Crippen LogP contribution in [-0.2, 0) is 4.79 Å². The van der Waals surface area contributed by atoms with Crippen LogP contribution in [0.15, 0.2) is 81.7 Å². The summed E-state index contributed by atoms with van der Waals surface area (Å²) in [6.07, 6.45) is 4.78. The van der Waals surface area contributed by atoms with Crippen LogP contribution in [0.3, 0.4) is 0 Å². The molecule has 35 heavy (non-hydrogen) atoms. The minimum atomic E-state index is -0.329. The van der Waals surface area contributed by atoms with E-state index in [1.807, 2.05) is 47.9 Å². The summed E-state index contributed by atoms with van der Waals surface area (Å²) in [6, 6.07) is 16.2. The fourth-order valence-electron chi connectivity index (χ4n) is 3.10. The minimum Gasteiger partial charge on any atom is -0.507 e. The first kappa shape index (κ1) is 24.4. The molecule has 178 valence electrons. The molecule has 0 spiro atoms. The van der Waals surface area contributed by atoms with Crippen molar-refractivity contribution in [2.45, 2.75) is 12.1 Å². The van der Waals surface area contributed by atoms with Gasteiger partial charge in [-0.1, -0.05) is 27.7 Å². The second-order valence-corrected chi connectivity index (χ2v) is 8.95. The molecule has 0 radical (unpaired) electrons. The monoisotopic (exact) mass is 552 g/mol. The Morgan fingerprint density at radius 1 is 1.23 bits per heavy atom. The predicted molar refractivity (Wildman–Crippen MR) is 138 cm³/mol. The van der Waals surface area contributed by atoms with E-state index in [0.29, 0.717) is 23.2 Å². The molecule has 11 heteroatoms. The molecule has 0 aliphatic carbocycles. The number of carbonyl (C=O) groups excluding carboxylic acids is 1. The third kappa shape index (κ3) is 6.25. The summed E-state index contributed by atoms with van der Waals surface area (Å²) in [5, 5.41) is 23.0. The van der Waals surface area contributed by atoms with E-state index >= 15 is 0 Å². The molecule has 0 atom stereocenters. The van der Waals surface area contributed by atoms with Gasteiger partial charge in [-0.3, -0.25) is 14.3 Å². The maximum Gasteiger partial charge on any atom is 0.250 e. The molecule has 1 amide bonds. The number of rotatable bonds is 9. The highest BCUT2D eigenvalue weighted by atomic mass is 79.9. The average molecular weight is 553 g/mol. The standard InChI is InChI=1S/C24H21BrN6O3S/c1-2-34-20-8-6-19(7-9-20)31-23(16-4-3-11-26-13-16)29-30-24(31)35-15-22(33)28-27-14-17-12-18(25)5-10-21(17)32/h3-14,32H,2,15H2,1H3,(H,28,33)/b27-14+. The molecule has 2 N–H and O–H groups in total. The second-order valence-electron chi connectivity index (χ2n) is 7.10. The zero-order valence-electron chi connectivity index (χ0n) is 18.6. The van der Waals surface area contributed by atoms with E-state index < -0.39 is 0 Å². The Bertz CT molecular complexity index is 1330. The van der Waals surface area contributed by atoms with Gasteiger partial charge in [-0.25, -0.2) is 5.43 Å². The van der Waals surface area contributed by atoms with Gasteiger partial charge < -0.3 is 9.84 Å². The van der Waals surface area contributed by atoms with Gasteiger partial charge in [-0.05, 0) is 61.5 Å². The van der Waals surface area contributed by atoms with Crippen molar-refractivity contribution in [1.29, 1.82) is 0 Å². The number of thioether (sulfide) groups is 1. The van der Waals surface area contributed by atoms with Crippen molar-refractivity contribution in [1.82, 2.24) is 25.2 Å². The number of halogens is 1. The fourth-order valence-corrected chi connectivity index (χ4v) is 4.22. The SMILES string of the molecule is CCOc1ccc(-n2c(SCC(=O)N/N=C/c3cc(Br)ccc3O)nnc2-c2cccnc2)cc1. The van der Waals surface area contributed by atoms with Crippen molar-refractivity contribution < 1.29 is 14.6 Å². The van der Waals surface area contributed by atoms with Crippen LogP contribution in [-0.4, -0.2) is 49.3 Å². The van der Waals surface area contributed by atoms with Crippen molar-refractivity contribution >= 4 is 39.8 Å². The van der Waals surface area contributed by atoms with Gasteiger partial charge in [-0.15, -0.1) is 10.2 Å². The first-order valence-electron chi connectivity index (χ1n) is 10.6. The van der Waals surface area contributed by atoms with Gasteiger partial charge in [0.25, 0.3) is 5.91 Å². The average Bonchev–Trinajstić information content (AvgIpc) is 3.30. The van der Waals surface area contributed by atoms with Crippen molar-refractivity contribution in [3.8, 4) is 28.6 Å². The summed E-state index contributed by atoms with van der Waals surface area (Å²) in [6.45, 7) is 2.51. The number of phenols is 1. The maximum atomic E-state index is 12.4. The van der Waals surface area contributed by atoms with Crippen LogP contribution in [0.25, 0.3) is 17.1 Å². The Morgan fingerprint density at radius 2 is 2.06 bits per heavy atom. The zero-order valence-corrected chi connectivity index (χ0v) is 21.0. The predicted octanol–water partition coefficient (Wildman–Crippen LogP) is 4.44. The van der Waals surface area contributed by atoms with Crippen LogP contribution in [0.2, 0.25) is 0 Å². The highest BCUT2D eigenvalue weighted by Crippen LogP contribution is 2.28. The molecule has 2 heterocycles. The van der Waals surface area contributed by atoms with E-state index in [9.17, 15) is 9.90 Å². The van der Waals surface area contributed by atoms with E-state index in [-0.39, 0.29) is 17.4 Å². The van der Waals surface area contributed by atoms with Crippen LogP contribution in [0.4, 0.5) is 0 Å². The Morgan fingerprint density at radius 3 is 2.80 bits per heavy atom. The number of benzene rings is 2. The summed E-state index contributed by atoms with van der Waals surface area (Å²) in [5.41, 5.74) is 4.56. The van der Waals surface area contributed by atoms with Gasteiger partial charge in [-0.2, -0.15) is 5.10 Å². The van der Waals surface area contributed by atoms with Crippen LogP contribution >= 0.6 is 27.7 Å². The highest BCUT2D eigenvalue weighted by Gasteiger charge is 2.17. The number of phenolic OH excluding ortho intramolecular Hbond substituents is 1. The van der Waals surface area contributed by atoms with Crippen molar-refractivity contribution in [2.24, 2.45) is 5.10 Å². The Balaban J connectivity index is 1.51. The number of ether oxygens (including phenoxy) is 1. The third-order valence-corrected chi connectivity index (χ3v) is 6.10. The quantitative estimate of drug-likeness (QED) is 0.179. The maximum absolute atomic E-state index is 12.4. The molecule has 0 unspecified atom stereocenters. The molecule has 0 aliphatic rings. The molecule has 2 aromatic carbocycles. The van der Waals surface area contributed by atoms with Crippen LogP contribution < -0.4 is 10.2 Å². The van der Waals surface area contributed by atoms with Crippen molar-refractivity contribution in [3.05, 3.63) is 77.0 Å². The van der Waals surface area contributed by atoms with Crippen LogP contribution in [0.5, 0.6) is 11.5 Å². The summed E-state index contributed by atoms with van der Waals surface area (Å²) in [5.74, 6) is 1.16. The Labute approximate surface area is 214 Å². The summed E-state index contributed by atoms with van der Waals surface area (Å²) < 4.78 is 8.20. The third-order valence-electron chi connectivity index (χ3n) is 4.67. The number of aromatic hydroxyl groups is 1. The van der Waals surface area contributed by atoms with Gasteiger partial charge in [0, 0.05) is 33.7 Å². The lowest BCUT2D eigenvalue weighted by Gasteiger charge is -2.11. The van der Waals surface area contributed by atoms with Gasteiger partial charge >= 0.3 is 0 Å². The lowest BCUT2D eigenvalue weighted by molar-refractivity contribution is -0.118. The summed E-state index contributed by atoms with van der Waals surface area (Å²) in [7, 11) is 0. The fraction of sp³-hybridized carbons (Fsp3) is 0.125. The first-order chi connectivity index (χ1) is 17.0. The molecule has 9 nitrogen and oxygen atoms in total. The van der Waals surface area contributed by atoms with Crippen molar-refractivity contribution in [2.75, 3.05) is 12.4 Å². The molecular weight excluding hydrogens is 532 g/mol. The van der Waals surface area contributed by atoms with E-state index in [0.717, 1.165) is 21.5 Å².